The Bertz CT molecular complexity index is 1160. The van der Waals surface area contributed by atoms with Crippen LogP contribution in [0.5, 0.6) is 5.75 Å². The predicted molar refractivity (Wildman–Crippen MR) is 128 cm³/mol. The number of benzene rings is 1. The SMILES string of the molecule is CCOCCN1CCN(C(=O)C(C)Nc2c(-c3ccc(OC(F)(F)F)cc3)nc3cnccn23)CC1. The molecular weight excluding hydrogens is 477 g/mol. The Hall–Kier alpha value is -3.38. The second kappa shape index (κ2) is 11.1. The molecule has 1 aliphatic heterocycles. The fourth-order valence-electron chi connectivity index (χ4n) is 4.13. The zero-order valence-electron chi connectivity index (χ0n) is 20.2. The van der Waals surface area contributed by atoms with Crippen LogP contribution in [0, 0.1) is 0 Å². The molecule has 194 valence electrons. The van der Waals surface area contributed by atoms with Crippen LogP contribution in [0.2, 0.25) is 0 Å². The van der Waals surface area contributed by atoms with E-state index in [1.54, 1.807) is 29.9 Å². The van der Waals surface area contributed by atoms with Crippen molar-refractivity contribution in [3.8, 4) is 17.0 Å². The van der Waals surface area contributed by atoms with E-state index in [0.29, 0.717) is 49.0 Å². The molecule has 4 rings (SSSR count). The molecule has 0 saturated carbocycles. The zero-order valence-corrected chi connectivity index (χ0v) is 20.2. The third kappa shape index (κ3) is 6.24. The van der Waals surface area contributed by atoms with Crippen LogP contribution in [0.25, 0.3) is 16.9 Å². The number of imidazole rings is 1. The summed E-state index contributed by atoms with van der Waals surface area (Å²) in [5, 5.41) is 3.27. The predicted octanol–water partition coefficient (Wildman–Crippen LogP) is 3.28. The van der Waals surface area contributed by atoms with Crippen LogP contribution < -0.4 is 10.1 Å². The number of nitrogens with one attached hydrogen (secondary N) is 1. The largest absolute Gasteiger partial charge is 0.573 e. The van der Waals surface area contributed by atoms with Gasteiger partial charge in [0.1, 0.15) is 23.3 Å². The molecule has 0 radical (unpaired) electrons. The van der Waals surface area contributed by atoms with Crippen molar-refractivity contribution < 1.29 is 27.4 Å². The Labute approximate surface area is 206 Å². The smallest absolute Gasteiger partial charge is 0.406 e. The minimum atomic E-state index is -4.77. The maximum atomic E-state index is 13.2. The first kappa shape index (κ1) is 25.7. The van der Waals surface area contributed by atoms with Gasteiger partial charge < -0.3 is 19.7 Å². The number of fused-ring (bicyclic) bond motifs is 1. The lowest BCUT2D eigenvalue weighted by Gasteiger charge is -2.36. The first-order valence-electron chi connectivity index (χ1n) is 11.8. The van der Waals surface area contributed by atoms with Gasteiger partial charge in [0.15, 0.2) is 5.65 Å². The van der Waals surface area contributed by atoms with E-state index in [0.717, 1.165) is 19.6 Å². The summed E-state index contributed by atoms with van der Waals surface area (Å²) in [4.78, 5) is 26.0. The van der Waals surface area contributed by atoms with Crippen molar-refractivity contribution in [2.45, 2.75) is 26.3 Å². The van der Waals surface area contributed by atoms with Crippen LogP contribution in [0.15, 0.2) is 42.9 Å². The van der Waals surface area contributed by atoms with E-state index in [2.05, 4.69) is 24.9 Å². The van der Waals surface area contributed by atoms with Gasteiger partial charge >= 0.3 is 6.36 Å². The third-order valence-electron chi connectivity index (χ3n) is 5.96. The van der Waals surface area contributed by atoms with Crippen molar-refractivity contribution in [3.05, 3.63) is 42.9 Å². The van der Waals surface area contributed by atoms with Gasteiger partial charge in [-0.05, 0) is 38.1 Å². The van der Waals surface area contributed by atoms with Crippen LogP contribution in [0.4, 0.5) is 19.0 Å². The molecule has 12 heteroatoms. The van der Waals surface area contributed by atoms with Crippen LogP contribution in [0.1, 0.15) is 13.8 Å². The highest BCUT2D eigenvalue weighted by atomic mass is 19.4. The number of amides is 1. The van der Waals surface area contributed by atoms with Gasteiger partial charge in [-0.3, -0.25) is 19.1 Å². The van der Waals surface area contributed by atoms with Crippen molar-refractivity contribution in [3.63, 3.8) is 0 Å². The Morgan fingerprint density at radius 2 is 1.89 bits per heavy atom. The zero-order chi connectivity index (χ0) is 25.7. The summed E-state index contributed by atoms with van der Waals surface area (Å²) >= 11 is 0. The second-order valence-corrected chi connectivity index (χ2v) is 8.42. The first-order valence-corrected chi connectivity index (χ1v) is 11.8. The molecule has 1 amide bonds. The molecule has 1 fully saturated rings. The fourth-order valence-corrected chi connectivity index (χ4v) is 4.13. The number of aromatic nitrogens is 3. The number of anilines is 1. The quantitative estimate of drug-likeness (QED) is 0.446. The van der Waals surface area contributed by atoms with Crippen molar-refractivity contribution in [1.82, 2.24) is 24.2 Å². The Morgan fingerprint density at radius 3 is 2.56 bits per heavy atom. The van der Waals surface area contributed by atoms with Crippen LogP contribution in [-0.4, -0.2) is 88.4 Å². The molecule has 1 atom stereocenters. The summed E-state index contributed by atoms with van der Waals surface area (Å²) in [5.74, 6) is 0.187. The topological polar surface area (TPSA) is 84.2 Å². The summed E-state index contributed by atoms with van der Waals surface area (Å²) in [5.41, 5.74) is 1.59. The minimum Gasteiger partial charge on any atom is -0.406 e. The number of rotatable bonds is 9. The van der Waals surface area contributed by atoms with Gasteiger partial charge in [-0.15, -0.1) is 13.2 Å². The molecule has 1 saturated heterocycles. The van der Waals surface area contributed by atoms with Crippen LogP contribution >= 0.6 is 0 Å². The number of piperazine rings is 1. The summed E-state index contributed by atoms with van der Waals surface area (Å²) in [6.45, 7) is 8.78. The molecule has 1 aliphatic rings. The van der Waals surface area contributed by atoms with Crippen LogP contribution in [0.3, 0.4) is 0 Å². The van der Waals surface area contributed by atoms with E-state index in [1.807, 2.05) is 11.8 Å². The van der Waals surface area contributed by atoms with E-state index in [4.69, 9.17) is 4.74 Å². The molecule has 3 heterocycles. The van der Waals surface area contributed by atoms with Gasteiger partial charge in [0.2, 0.25) is 5.91 Å². The lowest BCUT2D eigenvalue weighted by molar-refractivity contribution is -0.274. The molecule has 2 aromatic heterocycles. The summed E-state index contributed by atoms with van der Waals surface area (Å²) < 4.78 is 48.7. The minimum absolute atomic E-state index is 0.0386. The number of ether oxygens (including phenoxy) is 2. The third-order valence-corrected chi connectivity index (χ3v) is 5.96. The molecule has 1 aromatic carbocycles. The lowest BCUT2D eigenvalue weighted by atomic mass is 10.1. The molecule has 0 bridgehead atoms. The van der Waals surface area contributed by atoms with E-state index in [9.17, 15) is 18.0 Å². The average molecular weight is 507 g/mol. The van der Waals surface area contributed by atoms with E-state index < -0.39 is 12.4 Å². The molecule has 3 aromatic rings. The van der Waals surface area contributed by atoms with E-state index in [-0.39, 0.29) is 11.7 Å². The van der Waals surface area contributed by atoms with Gasteiger partial charge in [0.05, 0.1) is 12.8 Å². The highest BCUT2D eigenvalue weighted by molar-refractivity contribution is 5.86. The number of hydrogen-bond acceptors (Lipinski definition) is 7. The van der Waals surface area contributed by atoms with E-state index >= 15 is 0 Å². The highest BCUT2D eigenvalue weighted by Crippen LogP contribution is 2.31. The standard InChI is InChI=1S/C24H29F3N6O3/c1-3-35-15-14-31-10-12-32(13-11-31)23(34)17(2)29-22-21(30-20-16-28-8-9-33(20)22)18-4-6-19(7-5-18)36-24(25,26)27/h4-9,16-17,29H,3,10-15H2,1-2H3. The van der Waals surface area contributed by atoms with Gasteiger partial charge in [-0.1, -0.05) is 0 Å². The summed E-state index contributed by atoms with van der Waals surface area (Å²) in [6.07, 6.45) is 0.110. The second-order valence-electron chi connectivity index (χ2n) is 8.42. The van der Waals surface area contributed by atoms with Crippen molar-refractivity contribution in [1.29, 1.82) is 0 Å². The number of alkyl halides is 3. The van der Waals surface area contributed by atoms with Crippen LogP contribution in [-0.2, 0) is 9.53 Å². The molecule has 9 nitrogen and oxygen atoms in total. The molecule has 36 heavy (non-hydrogen) atoms. The van der Waals surface area contributed by atoms with Crippen molar-refractivity contribution in [2.75, 3.05) is 51.3 Å². The normalized spacial score (nSPS) is 15.8. The first-order chi connectivity index (χ1) is 17.2. The maximum absolute atomic E-state index is 13.2. The number of nitrogens with zero attached hydrogens (tertiary/aromatic N) is 5. The maximum Gasteiger partial charge on any atom is 0.573 e. The Balaban J connectivity index is 1.49. The molecular formula is C24H29F3N6O3. The molecule has 0 spiro atoms. The van der Waals surface area contributed by atoms with Gasteiger partial charge in [-0.25, -0.2) is 4.98 Å². The Kier molecular flexibility index (Phi) is 7.94. The average Bonchev–Trinajstić information content (AvgIpc) is 3.22. The number of halogens is 3. The van der Waals surface area contributed by atoms with Gasteiger partial charge in [0, 0.05) is 57.3 Å². The molecule has 1 N–H and O–H groups in total. The number of carbonyl (C=O) groups excluding carboxylic acids is 1. The highest BCUT2D eigenvalue weighted by Gasteiger charge is 2.31. The van der Waals surface area contributed by atoms with Crippen molar-refractivity contribution in [2.24, 2.45) is 0 Å². The Morgan fingerprint density at radius 1 is 1.17 bits per heavy atom. The fraction of sp³-hybridized carbons (Fsp3) is 0.458. The lowest BCUT2D eigenvalue weighted by Crippen LogP contribution is -2.52. The molecule has 1 unspecified atom stereocenters. The van der Waals surface area contributed by atoms with Crippen molar-refractivity contribution >= 4 is 17.4 Å². The van der Waals surface area contributed by atoms with Gasteiger partial charge in [0.25, 0.3) is 0 Å². The monoisotopic (exact) mass is 506 g/mol. The summed E-state index contributed by atoms with van der Waals surface area (Å²) in [7, 11) is 0. The van der Waals surface area contributed by atoms with E-state index in [1.165, 1.54) is 24.3 Å². The summed E-state index contributed by atoms with van der Waals surface area (Å²) in [6, 6.07) is 4.90. The van der Waals surface area contributed by atoms with Gasteiger partial charge in [-0.2, -0.15) is 0 Å². The number of hydrogen-bond donors (Lipinski definition) is 1. The molecule has 0 aliphatic carbocycles. The number of carbonyl (C=O) groups is 1.